The van der Waals surface area contributed by atoms with Gasteiger partial charge in [-0.25, -0.2) is 4.98 Å². The van der Waals surface area contributed by atoms with Crippen LogP contribution in [0.1, 0.15) is 57.1 Å². The van der Waals surface area contributed by atoms with Crippen molar-refractivity contribution in [1.29, 1.82) is 0 Å². The number of hydrogen-bond donors (Lipinski definition) is 1. The molecule has 0 aromatic carbocycles. The van der Waals surface area contributed by atoms with Gasteiger partial charge in [0.25, 0.3) is 5.91 Å². The second kappa shape index (κ2) is 7.38. The molecule has 5 heteroatoms. The van der Waals surface area contributed by atoms with Crippen molar-refractivity contribution in [2.75, 3.05) is 0 Å². The average Bonchev–Trinajstić information content (AvgIpc) is 2.60. The monoisotopic (exact) mass is 344 g/mol. The SMILES string of the molecule is CC(=O)Oc1c(C)ccnc1C(=O)NC1CC(C)(C)C=CC(C)C1C. The van der Waals surface area contributed by atoms with Gasteiger partial charge in [-0.1, -0.05) is 39.8 Å². The maximum absolute atomic E-state index is 12.9. The minimum absolute atomic E-state index is 0.00964. The van der Waals surface area contributed by atoms with Crippen molar-refractivity contribution >= 4 is 11.9 Å². The lowest BCUT2D eigenvalue weighted by Crippen LogP contribution is -2.43. The molecule has 1 aromatic heterocycles. The lowest BCUT2D eigenvalue weighted by molar-refractivity contribution is -0.131. The summed E-state index contributed by atoms with van der Waals surface area (Å²) in [5.41, 5.74) is 0.875. The van der Waals surface area contributed by atoms with Crippen molar-refractivity contribution in [3.05, 3.63) is 35.7 Å². The van der Waals surface area contributed by atoms with Gasteiger partial charge in [0.15, 0.2) is 11.4 Å². The van der Waals surface area contributed by atoms with Gasteiger partial charge in [0.1, 0.15) is 0 Å². The maximum Gasteiger partial charge on any atom is 0.308 e. The van der Waals surface area contributed by atoms with Gasteiger partial charge < -0.3 is 10.1 Å². The van der Waals surface area contributed by atoms with Crippen LogP contribution in [-0.4, -0.2) is 22.9 Å². The average molecular weight is 344 g/mol. The van der Waals surface area contributed by atoms with E-state index in [9.17, 15) is 9.59 Å². The number of esters is 1. The first-order valence-corrected chi connectivity index (χ1v) is 8.75. The second-order valence-electron chi connectivity index (χ2n) is 7.75. The lowest BCUT2D eigenvalue weighted by Gasteiger charge is -2.30. The van der Waals surface area contributed by atoms with E-state index in [-0.39, 0.29) is 28.8 Å². The Morgan fingerprint density at radius 1 is 1.32 bits per heavy atom. The molecule has 1 aromatic rings. The molecule has 0 saturated heterocycles. The van der Waals surface area contributed by atoms with Crippen LogP contribution in [0.3, 0.4) is 0 Å². The Bertz CT molecular complexity index is 694. The molecule has 136 valence electrons. The van der Waals surface area contributed by atoms with Crippen molar-refractivity contribution < 1.29 is 14.3 Å². The molecular weight excluding hydrogens is 316 g/mol. The van der Waals surface area contributed by atoms with E-state index in [1.807, 2.05) is 0 Å². The normalized spacial score (nSPS) is 25.1. The molecule has 5 nitrogen and oxygen atoms in total. The third-order valence-electron chi connectivity index (χ3n) is 4.94. The van der Waals surface area contributed by atoms with Crippen molar-refractivity contribution in [3.8, 4) is 5.75 Å². The molecule has 0 spiro atoms. The van der Waals surface area contributed by atoms with Gasteiger partial charge >= 0.3 is 5.97 Å². The van der Waals surface area contributed by atoms with Crippen molar-refractivity contribution in [2.45, 2.75) is 54.0 Å². The van der Waals surface area contributed by atoms with Gasteiger partial charge in [0.2, 0.25) is 0 Å². The number of nitrogens with one attached hydrogen (secondary N) is 1. The van der Waals surface area contributed by atoms with E-state index in [1.165, 1.54) is 6.92 Å². The van der Waals surface area contributed by atoms with Gasteiger partial charge in [-0.3, -0.25) is 9.59 Å². The highest BCUT2D eigenvalue weighted by atomic mass is 16.5. The third-order valence-corrected chi connectivity index (χ3v) is 4.94. The molecular formula is C20H28N2O3. The zero-order valence-electron chi connectivity index (χ0n) is 15.9. The smallest absolute Gasteiger partial charge is 0.308 e. The number of carbonyl (C=O) groups excluding carboxylic acids is 2. The van der Waals surface area contributed by atoms with Crippen LogP contribution in [0.15, 0.2) is 24.4 Å². The number of nitrogens with zero attached hydrogens (tertiary/aromatic N) is 1. The first kappa shape index (κ1) is 19.2. The number of rotatable bonds is 3. The summed E-state index contributed by atoms with van der Waals surface area (Å²) in [5, 5.41) is 3.12. The predicted octanol–water partition coefficient (Wildman–Crippen LogP) is 3.67. The summed E-state index contributed by atoms with van der Waals surface area (Å²) in [6.07, 6.45) is 6.86. The Morgan fingerprint density at radius 3 is 2.64 bits per heavy atom. The highest BCUT2D eigenvalue weighted by Crippen LogP contribution is 2.34. The van der Waals surface area contributed by atoms with Gasteiger partial charge in [-0.2, -0.15) is 0 Å². The molecule has 3 atom stereocenters. The molecule has 1 N–H and O–H groups in total. The molecule has 0 aliphatic heterocycles. The van der Waals surface area contributed by atoms with Gasteiger partial charge in [-0.05, 0) is 42.2 Å². The summed E-state index contributed by atoms with van der Waals surface area (Å²) < 4.78 is 5.23. The highest BCUT2D eigenvalue weighted by molar-refractivity contribution is 5.96. The minimum Gasteiger partial charge on any atom is -0.424 e. The number of amides is 1. The van der Waals surface area contributed by atoms with Crippen molar-refractivity contribution in [3.63, 3.8) is 0 Å². The molecule has 3 unspecified atom stereocenters. The highest BCUT2D eigenvalue weighted by Gasteiger charge is 2.32. The van der Waals surface area contributed by atoms with E-state index in [0.29, 0.717) is 17.4 Å². The summed E-state index contributed by atoms with van der Waals surface area (Å²) in [5.74, 6) is 0.127. The van der Waals surface area contributed by atoms with Crippen LogP contribution in [-0.2, 0) is 4.79 Å². The van der Waals surface area contributed by atoms with Gasteiger partial charge in [0, 0.05) is 19.2 Å². The molecule has 1 heterocycles. The summed E-state index contributed by atoms with van der Waals surface area (Å²) in [4.78, 5) is 28.4. The molecule has 0 radical (unpaired) electrons. The van der Waals surface area contributed by atoms with Crippen molar-refractivity contribution in [1.82, 2.24) is 10.3 Å². The molecule has 0 saturated carbocycles. The summed E-state index contributed by atoms with van der Waals surface area (Å²) >= 11 is 0. The first-order valence-electron chi connectivity index (χ1n) is 8.75. The van der Waals surface area contributed by atoms with Crippen LogP contribution in [0, 0.1) is 24.2 Å². The Labute approximate surface area is 149 Å². The van der Waals surface area contributed by atoms with Crippen LogP contribution in [0.5, 0.6) is 5.75 Å². The Balaban J connectivity index is 2.27. The number of pyridine rings is 1. The van der Waals surface area contributed by atoms with E-state index in [4.69, 9.17) is 4.74 Å². The zero-order chi connectivity index (χ0) is 18.8. The molecule has 0 bridgehead atoms. The Hall–Kier alpha value is -2.17. The van der Waals surface area contributed by atoms with E-state index in [0.717, 1.165) is 6.42 Å². The van der Waals surface area contributed by atoms with Crippen LogP contribution < -0.4 is 10.1 Å². The quantitative estimate of drug-likeness (QED) is 0.671. The maximum atomic E-state index is 12.9. The fourth-order valence-electron chi connectivity index (χ4n) is 3.17. The van der Waals surface area contributed by atoms with Crippen LogP contribution >= 0.6 is 0 Å². The topological polar surface area (TPSA) is 68.3 Å². The van der Waals surface area contributed by atoms with Crippen LogP contribution in [0.4, 0.5) is 0 Å². The number of hydrogen-bond acceptors (Lipinski definition) is 4. The number of ether oxygens (including phenoxy) is 1. The second-order valence-corrected chi connectivity index (χ2v) is 7.75. The standard InChI is InChI=1S/C20H28N2O3/c1-12-7-9-20(5,6)11-16(14(12)3)22-19(24)17-18(25-15(4)23)13(2)8-10-21-17/h7-10,12,14,16H,11H2,1-6H3,(H,22,24). The Kier molecular flexibility index (Phi) is 5.65. The number of carbonyl (C=O) groups is 2. The van der Waals surface area contributed by atoms with Gasteiger partial charge in [-0.15, -0.1) is 0 Å². The van der Waals surface area contributed by atoms with E-state index in [1.54, 1.807) is 19.2 Å². The number of allylic oxidation sites excluding steroid dienone is 2. The molecule has 2 rings (SSSR count). The summed E-state index contributed by atoms with van der Waals surface area (Å²) in [6.45, 7) is 11.8. The molecule has 25 heavy (non-hydrogen) atoms. The molecule has 1 aliphatic carbocycles. The van der Waals surface area contributed by atoms with E-state index < -0.39 is 5.97 Å². The van der Waals surface area contributed by atoms with Crippen LogP contribution in [0.25, 0.3) is 0 Å². The summed E-state index contributed by atoms with van der Waals surface area (Å²) in [7, 11) is 0. The first-order chi connectivity index (χ1) is 11.6. The van der Waals surface area contributed by atoms with E-state index >= 15 is 0 Å². The van der Waals surface area contributed by atoms with Gasteiger partial charge in [0.05, 0.1) is 0 Å². The fourth-order valence-corrected chi connectivity index (χ4v) is 3.17. The van der Waals surface area contributed by atoms with Crippen molar-refractivity contribution in [2.24, 2.45) is 17.3 Å². The zero-order valence-corrected chi connectivity index (χ0v) is 15.9. The summed E-state index contributed by atoms with van der Waals surface area (Å²) in [6, 6.07) is 1.73. The minimum atomic E-state index is -0.466. The molecule has 1 aliphatic rings. The molecule has 0 fully saturated rings. The Morgan fingerprint density at radius 2 is 2.00 bits per heavy atom. The largest absolute Gasteiger partial charge is 0.424 e. The third kappa shape index (κ3) is 4.68. The number of aromatic nitrogens is 1. The fraction of sp³-hybridized carbons (Fsp3) is 0.550. The number of aryl methyl sites for hydroxylation is 1. The lowest BCUT2D eigenvalue weighted by atomic mass is 9.82. The van der Waals surface area contributed by atoms with E-state index in [2.05, 4.69) is 50.1 Å². The predicted molar refractivity (Wildman–Crippen MR) is 97.4 cm³/mol. The van der Waals surface area contributed by atoms with Crippen LogP contribution in [0.2, 0.25) is 0 Å². The molecule has 1 amide bonds.